The Morgan fingerprint density at radius 2 is 1.64 bits per heavy atom. The third kappa shape index (κ3) is 3.72. The molecule has 4 rings (SSSR count). The molecule has 2 unspecified atom stereocenters. The monoisotopic (exact) mass is 385 g/mol. The third-order valence-electron chi connectivity index (χ3n) is 4.90. The van der Waals surface area contributed by atoms with Crippen molar-refractivity contribution >= 4 is 22.4 Å². The first-order valence-corrected chi connectivity index (χ1v) is 8.89. The Morgan fingerprint density at radius 3 is 2.39 bits per heavy atom. The van der Waals surface area contributed by atoms with Crippen LogP contribution < -0.4 is 16.2 Å². The fraction of sp³-hybridized carbons (Fsp3) is 0.190. The predicted molar refractivity (Wildman–Crippen MR) is 101 cm³/mol. The van der Waals surface area contributed by atoms with Gasteiger partial charge in [0, 0.05) is 11.7 Å². The summed E-state index contributed by atoms with van der Waals surface area (Å²) in [6, 6.07) is 18.0. The molecule has 0 spiro atoms. The number of carbonyl (C=O) groups is 1. The van der Waals surface area contributed by atoms with Crippen molar-refractivity contribution in [3.05, 3.63) is 77.9 Å². The first kappa shape index (κ1) is 18.5. The lowest BCUT2D eigenvalue weighted by atomic mass is 9.96. The second-order valence-electron chi connectivity index (χ2n) is 6.76. The van der Waals surface area contributed by atoms with Crippen LogP contribution in [0.2, 0.25) is 0 Å². The molecule has 7 heteroatoms. The van der Waals surface area contributed by atoms with Gasteiger partial charge in [-0.05, 0) is 47.0 Å². The van der Waals surface area contributed by atoms with Gasteiger partial charge in [-0.2, -0.15) is 13.2 Å². The highest BCUT2D eigenvalue weighted by Crippen LogP contribution is 2.31. The molecule has 3 aromatic carbocycles. The summed E-state index contributed by atoms with van der Waals surface area (Å²) in [6.45, 7) is 0. The van der Waals surface area contributed by atoms with E-state index < -0.39 is 17.8 Å². The van der Waals surface area contributed by atoms with Crippen molar-refractivity contribution in [1.29, 1.82) is 0 Å². The van der Waals surface area contributed by atoms with Gasteiger partial charge in [-0.3, -0.25) is 4.79 Å². The first-order valence-electron chi connectivity index (χ1n) is 8.89. The fourth-order valence-corrected chi connectivity index (χ4v) is 3.46. The van der Waals surface area contributed by atoms with E-state index in [1.807, 2.05) is 42.5 Å². The first-order chi connectivity index (χ1) is 13.4. The average molecular weight is 385 g/mol. The van der Waals surface area contributed by atoms with Gasteiger partial charge in [0.15, 0.2) is 0 Å². The lowest BCUT2D eigenvalue weighted by Gasteiger charge is -2.13. The van der Waals surface area contributed by atoms with Gasteiger partial charge >= 0.3 is 6.18 Å². The van der Waals surface area contributed by atoms with Crippen molar-refractivity contribution in [2.75, 3.05) is 5.32 Å². The molecule has 0 aromatic heterocycles. The quantitative estimate of drug-likeness (QED) is 0.626. The number of halogens is 3. The molecule has 2 atom stereocenters. The molecule has 1 fully saturated rings. The van der Waals surface area contributed by atoms with E-state index in [0.29, 0.717) is 12.1 Å². The van der Waals surface area contributed by atoms with Crippen LogP contribution in [0.4, 0.5) is 18.9 Å². The second-order valence-corrected chi connectivity index (χ2v) is 6.76. The molecular weight excluding hydrogens is 367 g/mol. The maximum absolute atomic E-state index is 12.6. The Balaban J connectivity index is 1.44. The molecular formula is C21H18F3N3O. The Bertz CT molecular complexity index is 996. The van der Waals surface area contributed by atoms with Crippen molar-refractivity contribution < 1.29 is 18.0 Å². The summed E-state index contributed by atoms with van der Waals surface area (Å²) < 4.78 is 37.9. The molecule has 0 radical (unpaired) electrons. The Labute approximate surface area is 159 Å². The zero-order chi connectivity index (χ0) is 19.7. The summed E-state index contributed by atoms with van der Waals surface area (Å²) in [7, 11) is 0. The SMILES string of the molecule is O=C(Nc1ccc(C(F)(F)F)cc1)C1CC(c2cccc3ccccc23)NN1. The van der Waals surface area contributed by atoms with Crippen LogP contribution in [0.25, 0.3) is 10.8 Å². The van der Waals surface area contributed by atoms with Crippen molar-refractivity contribution in [2.45, 2.75) is 24.7 Å². The summed E-state index contributed by atoms with van der Waals surface area (Å²) in [4.78, 5) is 12.5. The average Bonchev–Trinajstić information content (AvgIpc) is 3.17. The number of hydrogen-bond acceptors (Lipinski definition) is 3. The van der Waals surface area contributed by atoms with Crippen LogP contribution in [0.15, 0.2) is 66.7 Å². The van der Waals surface area contributed by atoms with E-state index in [-0.39, 0.29) is 11.9 Å². The summed E-state index contributed by atoms with van der Waals surface area (Å²) >= 11 is 0. The van der Waals surface area contributed by atoms with Crippen molar-refractivity contribution in [1.82, 2.24) is 10.9 Å². The molecule has 1 amide bonds. The van der Waals surface area contributed by atoms with Crippen LogP contribution in [0, 0.1) is 0 Å². The van der Waals surface area contributed by atoms with E-state index in [0.717, 1.165) is 28.5 Å². The number of anilines is 1. The van der Waals surface area contributed by atoms with Crippen molar-refractivity contribution in [3.63, 3.8) is 0 Å². The highest BCUT2D eigenvalue weighted by Gasteiger charge is 2.32. The van der Waals surface area contributed by atoms with E-state index in [1.165, 1.54) is 12.1 Å². The van der Waals surface area contributed by atoms with Gasteiger partial charge in [0.1, 0.15) is 6.04 Å². The molecule has 4 nitrogen and oxygen atoms in total. The smallest absolute Gasteiger partial charge is 0.325 e. The molecule has 1 saturated heterocycles. The number of fused-ring (bicyclic) bond motifs is 1. The molecule has 28 heavy (non-hydrogen) atoms. The Morgan fingerprint density at radius 1 is 0.929 bits per heavy atom. The van der Waals surface area contributed by atoms with Gasteiger partial charge in [-0.15, -0.1) is 0 Å². The summed E-state index contributed by atoms with van der Waals surface area (Å²) in [6.07, 6.45) is -3.87. The Kier molecular flexibility index (Phi) is 4.78. The summed E-state index contributed by atoms with van der Waals surface area (Å²) in [5.74, 6) is -0.296. The number of benzene rings is 3. The molecule has 3 N–H and O–H groups in total. The lowest BCUT2D eigenvalue weighted by molar-refractivity contribution is -0.137. The maximum Gasteiger partial charge on any atom is 0.416 e. The standard InChI is InChI=1S/C21H18F3N3O/c22-21(23,24)14-8-10-15(11-9-14)25-20(28)19-12-18(26-27-19)17-7-3-5-13-4-1-2-6-16(13)17/h1-11,18-19,26-27H,12H2,(H,25,28). The molecule has 1 heterocycles. The van der Waals surface area contributed by atoms with Gasteiger partial charge in [0.05, 0.1) is 5.56 Å². The number of carbonyl (C=O) groups excluding carboxylic acids is 1. The van der Waals surface area contributed by atoms with Gasteiger partial charge in [0.25, 0.3) is 0 Å². The predicted octanol–water partition coefficient (Wildman–Crippen LogP) is 4.40. The minimum atomic E-state index is -4.40. The molecule has 144 valence electrons. The highest BCUT2D eigenvalue weighted by molar-refractivity contribution is 5.95. The van der Waals surface area contributed by atoms with Crippen LogP contribution in [0.3, 0.4) is 0 Å². The van der Waals surface area contributed by atoms with Gasteiger partial charge in [-0.25, -0.2) is 10.9 Å². The van der Waals surface area contributed by atoms with Crippen LogP contribution in [-0.4, -0.2) is 11.9 Å². The van der Waals surface area contributed by atoms with E-state index in [4.69, 9.17) is 0 Å². The van der Waals surface area contributed by atoms with Crippen molar-refractivity contribution in [2.24, 2.45) is 0 Å². The molecule has 0 bridgehead atoms. The fourth-order valence-electron chi connectivity index (χ4n) is 3.46. The molecule has 1 aliphatic heterocycles. The number of rotatable bonds is 3. The van der Waals surface area contributed by atoms with Gasteiger partial charge in [-0.1, -0.05) is 42.5 Å². The molecule has 0 aliphatic carbocycles. The molecule has 3 aromatic rings. The molecule has 1 aliphatic rings. The minimum absolute atomic E-state index is 0.0468. The van der Waals surface area contributed by atoms with Crippen LogP contribution in [-0.2, 0) is 11.0 Å². The number of hydrogen-bond donors (Lipinski definition) is 3. The third-order valence-corrected chi connectivity index (χ3v) is 4.90. The van der Waals surface area contributed by atoms with E-state index in [9.17, 15) is 18.0 Å². The summed E-state index contributed by atoms with van der Waals surface area (Å²) in [5.41, 5.74) is 6.81. The van der Waals surface area contributed by atoms with Crippen LogP contribution in [0.5, 0.6) is 0 Å². The number of nitrogens with one attached hydrogen (secondary N) is 3. The topological polar surface area (TPSA) is 53.2 Å². The maximum atomic E-state index is 12.6. The van der Waals surface area contributed by atoms with Crippen molar-refractivity contribution in [3.8, 4) is 0 Å². The normalized spacial score (nSPS) is 19.7. The number of hydrazine groups is 1. The second kappa shape index (κ2) is 7.26. The zero-order valence-corrected chi connectivity index (χ0v) is 14.8. The largest absolute Gasteiger partial charge is 0.416 e. The number of amides is 1. The van der Waals surface area contributed by atoms with E-state index in [1.54, 1.807) is 0 Å². The van der Waals surface area contributed by atoms with E-state index in [2.05, 4.69) is 16.2 Å². The molecule has 0 saturated carbocycles. The zero-order valence-electron chi connectivity index (χ0n) is 14.8. The highest BCUT2D eigenvalue weighted by atomic mass is 19.4. The van der Waals surface area contributed by atoms with Crippen LogP contribution >= 0.6 is 0 Å². The van der Waals surface area contributed by atoms with Crippen LogP contribution in [0.1, 0.15) is 23.6 Å². The van der Waals surface area contributed by atoms with E-state index >= 15 is 0 Å². The summed E-state index contributed by atoms with van der Waals surface area (Å²) in [5, 5.41) is 4.91. The lowest BCUT2D eigenvalue weighted by Crippen LogP contribution is -2.39. The minimum Gasteiger partial charge on any atom is -0.325 e. The van der Waals surface area contributed by atoms with Gasteiger partial charge in [0.2, 0.25) is 5.91 Å². The Hall–Kier alpha value is -2.90. The van der Waals surface area contributed by atoms with Gasteiger partial charge < -0.3 is 5.32 Å². The number of alkyl halides is 3.